The third-order valence-corrected chi connectivity index (χ3v) is 5.16. The number of thiazole rings is 1. The van der Waals surface area contributed by atoms with E-state index in [1.165, 1.54) is 11.3 Å². The van der Waals surface area contributed by atoms with Crippen molar-refractivity contribution in [3.8, 4) is 5.75 Å². The van der Waals surface area contributed by atoms with Gasteiger partial charge in [-0.3, -0.25) is 4.79 Å². The van der Waals surface area contributed by atoms with Gasteiger partial charge in [0, 0.05) is 12.1 Å². The molecule has 0 saturated heterocycles. The molecule has 0 fully saturated rings. The Hall–Kier alpha value is -2.11. The highest BCUT2D eigenvalue weighted by molar-refractivity contribution is 7.16. The molecule has 0 bridgehead atoms. The Bertz CT molecular complexity index is 987. The Morgan fingerprint density at radius 1 is 1.28 bits per heavy atom. The standard InChI is InChI=1S/C19H19ClN2O2S/c1-4-24-15-7-5-13(6-8-15)10-17(23)21-19-22(3)18-12(2)9-14(20)11-16(18)25-19/h5-9,11H,4,10H2,1-3H3. The number of hydrogen-bond donors (Lipinski definition) is 0. The van der Waals surface area contributed by atoms with Crippen molar-refractivity contribution in [2.24, 2.45) is 12.0 Å². The van der Waals surface area contributed by atoms with Crippen LogP contribution in [0.4, 0.5) is 0 Å². The predicted molar refractivity (Wildman–Crippen MR) is 102 cm³/mol. The average molecular weight is 375 g/mol. The maximum absolute atomic E-state index is 12.3. The van der Waals surface area contributed by atoms with Gasteiger partial charge in [-0.05, 0) is 49.2 Å². The summed E-state index contributed by atoms with van der Waals surface area (Å²) in [5, 5.41) is 0.694. The number of amides is 1. The fourth-order valence-corrected chi connectivity index (χ4v) is 4.25. The molecule has 3 rings (SSSR count). The van der Waals surface area contributed by atoms with Gasteiger partial charge in [-0.25, -0.2) is 0 Å². The van der Waals surface area contributed by atoms with E-state index in [4.69, 9.17) is 16.3 Å². The third-order valence-electron chi connectivity index (χ3n) is 3.86. The molecule has 1 amide bonds. The Balaban J connectivity index is 1.87. The lowest BCUT2D eigenvalue weighted by Gasteiger charge is -2.03. The van der Waals surface area contributed by atoms with Crippen molar-refractivity contribution in [2.45, 2.75) is 20.3 Å². The summed E-state index contributed by atoms with van der Waals surface area (Å²) in [6, 6.07) is 11.4. The zero-order chi connectivity index (χ0) is 18.0. The van der Waals surface area contributed by atoms with Gasteiger partial charge in [0.05, 0.1) is 23.2 Å². The topological polar surface area (TPSA) is 43.6 Å². The minimum absolute atomic E-state index is 0.171. The molecule has 0 unspecified atom stereocenters. The summed E-state index contributed by atoms with van der Waals surface area (Å²) in [6.07, 6.45) is 0.264. The second-order valence-electron chi connectivity index (χ2n) is 5.77. The molecule has 1 heterocycles. The van der Waals surface area contributed by atoms with E-state index in [9.17, 15) is 4.79 Å². The van der Waals surface area contributed by atoms with Crippen molar-refractivity contribution < 1.29 is 9.53 Å². The number of benzene rings is 2. The number of ether oxygens (including phenoxy) is 1. The fourth-order valence-electron chi connectivity index (χ4n) is 2.76. The highest BCUT2D eigenvalue weighted by Gasteiger charge is 2.09. The Kier molecular flexibility index (Phi) is 5.25. The number of carbonyl (C=O) groups is 1. The average Bonchev–Trinajstić information content (AvgIpc) is 2.85. The number of fused-ring (bicyclic) bond motifs is 1. The molecular formula is C19H19ClN2O2S. The summed E-state index contributed by atoms with van der Waals surface area (Å²) in [6.45, 7) is 4.57. The van der Waals surface area contributed by atoms with Gasteiger partial charge in [0.2, 0.25) is 0 Å². The number of halogens is 1. The molecule has 3 aromatic rings. The van der Waals surface area contributed by atoms with Crippen LogP contribution in [-0.4, -0.2) is 17.1 Å². The van der Waals surface area contributed by atoms with Crippen molar-refractivity contribution in [1.82, 2.24) is 4.57 Å². The monoisotopic (exact) mass is 374 g/mol. The van der Waals surface area contributed by atoms with Crippen LogP contribution in [-0.2, 0) is 18.3 Å². The van der Waals surface area contributed by atoms with Gasteiger partial charge >= 0.3 is 0 Å². The van der Waals surface area contributed by atoms with Crippen molar-refractivity contribution in [2.75, 3.05) is 6.61 Å². The van der Waals surface area contributed by atoms with E-state index < -0.39 is 0 Å². The molecule has 2 aromatic carbocycles. The van der Waals surface area contributed by atoms with Gasteiger partial charge in [0.25, 0.3) is 5.91 Å². The van der Waals surface area contributed by atoms with Crippen LogP contribution in [0.2, 0.25) is 5.02 Å². The molecule has 0 aliphatic heterocycles. The molecule has 0 N–H and O–H groups in total. The van der Waals surface area contributed by atoms with Gasteiger partial charge in [-0.2, -0.15) is 4.99 Å². The smallest absolute Gasteiger partial charge is 0.252 e. The summed E-state index contributed by atoms with van der Waals surface area (Å²) in [5.41, 5.74) is 3.05. The van der Waals surface area contributed by atoms with Crippen molar-refractivity contribution >= 4 is 39.1 Å². The van der Waals surface area contributed by atoms with E-state index >= 15 is 0 Å². The van der Waals surface area contributed by atoms with Crippen molar-refractivity contribution in [1.29, 1.82) is 0 Å². The van der Waals surface area contributed by atoms with Crippen LogP contribution in [0.15, 0.2) is 41.4 Å². The van der Waals surface area contributed by atoms with Gasteiger partial charge < -0.3 is 9.30 Å². The van der Waals surface area contributed by atoms with E-state index in [2.05, 4.69) is 4.99 Å². The summed E-state index contributed by atoms with van der Waals surface area (Å²) >= 11 is 7.59. The summed E-state index contributed by atoms with van der Waals surface area (Å²) in [7, 11) is 1.92. The molecule has 130 valence electrons. The SMILES string of the molecule is CCOc1ccc(CC(=O)N=c2sc3cc(Cl)cc(C)c3n2C)cc1. The number of nitrogens with zero attached hydrogens (tertiary/aromatic N) is 2. The van der Waals surface area contributed by atoms with Gasteiger partial charge in [0.1, 0.15) is 5.75 Å². The van der Waals surface area contributed by atoms with E-state index in [0.29, 0.717) is 16.4 Å². The second kappa shape index (κ2) is 7.42. The number of rotatable bonds is 4. The van der Waals surface area contributed by atoms with Gasteiger partial charge in [-0.15, -0.1) is 0 Å². The van der Waals surface area contributed by atoms with Crippen LogP contribution in [0.3, 0.4) is 0 Å². The normalized spacial score (nSPS) is 11.9. The first-order chi connectivity index (χ1) is 12.0. The molecule has 6 heteroatoms. The second-order valence-corrected chi connectivity index (χ2v) is 7.22. The fraction of sp³-hybridized carbons (Fsp3) is 0.263. The predicted octanol–water partition coefficient (Wildman–Crippen LogP) is 4.27. The summed E-state index contributed by atoms with van der Waals surface area (Å²) in [4.78, 5) is 17.3. The summed E-state index contributed by atoms with van der Waals surface area (Å²) < 4.78 is 8.38. The first-order valence-electron chi connectivity index (χ1n) is 8.03. The Morgan fingerprint density at radius 3 is 2.68 bits per heavy atom. The lowest BCUT2D eigenvalue weighted by atomic mass is 10.1. The van der Waals surface area contributed by atoms with Crippen LogP contribution in [0.1, 0.15) is 18.1 Å². The quantitative estimate of drug-likeness (QED) is 0.684. The number of hydrogen-bond acceptors (Lipinski definition) is 3. The highest BCUT2D eigenvalue weighted by Crippen LogP contribution is 2.25. The van der Waals surface area contributed by atoms with Crippen molar-refractivity contribution in [3.05, 3.63) is 57.3 Å². The maximum Gasteiger partial charge on any atom is 0.252 e. The molecule has 0 aliphatic rings. The molecule has 0 atom stereocenters. The van der Waals surface area contributed by atoms with Crippen LogP contribution >= 0.6 is 22.9 Å². The molecule has 25 heavy (non-hydrogen) atoms. The minimum atomic E-state index is -0.171. The molecule has 4 nitrogen and oxygen atoms in total. The molecule has 1 aromatic heterocycles. The zero-order valence-corrected chi connectivity index (χ0v) is 15.9. The number of aromatic nitrogens is 1. The first kappa shape index (κ1) is 17.7. The van der Waals surface area contributed by atoms with E-state index in [1.807, 2.05) is 61.9 Å². The number of aryl methyl sites for hydroxylation is 2. The van der Waals surface area contributed by atoms with Crippen LogP contribution in [0.25, 0.3) is 10.2 Å². The summed E-state index contributed by atoms with van der Waals surface area (Å²) in [5.74, 6) is 0.633. The molecule has 0 saturated carbocycles. The maximum atomic E-state index is 12.3. The first-order valence-corrected chi connectivity index (χ1v) is 9.22. The minimum Gasteiger partial charge on any atom is -0.494 e. The molecule has 0 spiro atoms. The lowest BCUT2D eigenvalue weighted by Crippen LogP contribution is -2.14. The largest absolute Gasteiger partial charge is 0.494 e. The van der Waals surface area contributed by atoms with Crippen LogP contribution in [0, 0.1) is 6.92 Å². The van der Waals surface area contributed by atoms with E-state index in [1.54, 1.807) is 0 Å². The van der Waals surface area contributed by atoms with Gasteiger partial charge in [-0.1, -0.05) is 35.1 Å². The number of carbonyl (C=O) groups excluding carboxylic acids is 1. The zero-order valence-electron chi connectivity index (χ0n) is 14.4. The van der Waals surface area contributed by atoms with Crippen LogP contribution < -0.4 is 9.54 Å². The van der Waals surface area contributed by atoms with E-state index in [0.717, 1.165) is 27.1 Å². The van der Waals surface area contributed by atoms with Gasteiger partial charge in [0.15, 0.2) is 4.80 Å². The molecule has 0 aliphatic carbocycles. The Morgan fingerprint density at radius 2 is 2.00 bits per heavy atom. The highest BCUT2D eigenvalue weighted by atomic mass is 35.5. The molecule has 0 radical (unpaired) electrons. The van der Waals surface area contributed by atoms with E-state index in [-0.39, 0.29) is 12.3 Å². The lowest BCUT2D eigenvalue weighted by molar-refractivity contribution is -0.117. The van der Waals surface area contributed by atoms with Crippen molar-refractivity contribution in [3.63, 3.8) is 0 Å². The Labute approximate surface area is 155 Å². The third kappa shape index (κ3) is 3.94. The van der Waals surface area contributed by atoms with Crippen LogP contribution in [0.5, 0.6) is 5.75 Å². The molecular weight excluding hydrogens is 356 g/mol.